The first-order chi connectivity index (χ1) is 13.6. The molecule has 0 spiro atoms. The van der Waals surface area contributed by atoms with Crippen LogP contribution in [0.1, 0.15) is 31.9 Å². The molecule has 1 atom stereocenters. The predicted octanol–water partition coefficient (Wildman–Crippen LogP) is 1.79. The van der Waals surface area contributed by atoms with Crippen molar-refractivity contribution in [2.45, 2.75) is 45.3 Å². The topological polar surface area (TPSA) is 92.2 Å². The van der Waals surface area contributed by atoms with E-state index in [1.807, 2.05) is 42.1 Å². The van der Waals surface area contributed by atoms with Crippen molar-refractivity contribution >= 4 is 11.9 Å². The summed E-state index contributed by atoms with van der Waals surface area (Å²) in [6, 6.07) is 7.54. The second kappa shape index (κ2) is 9.87. The minimum absolute atomic E-state index is 0.0401. The molecule has 2 N–H and O–H groups in total. The van der Waals surface area contributed by atoms with Crippen LogP contribution in [0.5, 0.6) is 0 Å². The summed E-state index contributed by atoms with van der Waals surface area (Å²) in [6.07, 6.45) is 7.57. The van der Waals surface area contributed by atoms with Crippen molar-refractivity contribution < 1.29 is 9.59 Å². The van der Waals surface area contributed by atoms with E-state index >= 15 is 0 Å². The summed E-state index contributed by atoms with van der Waals surface area (Å²) >= 11 is 0. The number of piperidine rings is 1. The molecule has 0 bridgehead atoms. The molecule has 0 aromatic carbocycles. The highest BCUT2D eigenvalue weighted by Crippen LogP contribution is 2.17. The molecule has 0 radical (unpaired) electrons. The number of aromatic nitrogens is 3. The van der Waals surface area contributed by atoms with Crippen molar-refractivity contribution in [2.75, 3.05) is 13.1 Å². The fourth-order valence-corrected chi connectivity index (χ4v) is 3.30. The van der Waals surface area contributed by atoms with Gasteiger partial charge in [-0.1, -0.05) is 6.07 Å². The zero-order chi connectivity index (χ0) is 19.8. The van der Waals surface area contributed by atoms with E-state index < -0.39 is 0 Å². The van der Waals surface area contributed by atoms with Gasteiger partial charge in [-0.3, -0.25) is 14.5 Å². The van der Waals surface area contributed by atoms with Gasteiger partial charge in [0.2, 0.25) is 5.91 Å². The number of amides is 3. The lowest BCUT2D eigenvalue weighted by atomic mass is 9.96. The second-order valence-corrected chi connectivity index (χ2v) is 7.21. The summed E-state index contributed by atoms with van der Waals surface area (Å²) in [6.45, 7) is 4.40. The summed E-state index contributed by atoms with van der Waals surface area (Å²) in [5.41, 5.74) is 0.844. The highest BCUT2D eigenvalue weighted by Gasteiger charge is 2.27. The summed E-state index contributed by atoms with van der Waals surface area (Å²) in [4.78, 5) is 30.8. The van der Waals surface area contributed by atoms with E-state index in [1.165, 1.54) is 0 Å². The van der Waals surface area contributed by atoms with Crippen LogP contribution in [0.25, 0.3) is 0 Å². The zero-order valence-electron chi connectivity index (χ0n) is 16.3. The number of carbonyl (C=O) groups excluding carboxylic acids is 2. The number of aryl methyl sites for hydroxylation is 1. The van der Waals surface area contributed by atoms with Crippen molar-refractivity contribution in [3.8, 4) is 0 Å². The van der Waals surface area contributed by atoms with Gasteiger partial charge in [0, 0.05) is 50.2 Å². The van der Waals surface area contributed by atoms with Crippen molar-refractivity contribution in [3.05, 3.63) is 48.5 Å². The van der Waals surface area contributed by atoms with E-state index in [0.29, 0.717) is 32.5 Å². The monoisotopic (exact) mass is 384 g/mol. The number of hydrogen-bond donors (Lipinski definition) is 2. The molecule has 0 aliphatic carbocycles. The molecule has 1 aliphatic heterocycles. The smallest absolute Gasteiger partial charge is 0.317 e. The fraction of sp³-hybridized carbons (Fsp3) is 0.500. The fourth-order valence-electron chi connectivity index (χ4n) is 3.30. The standard InChI is InChI=1S/C20H28N6O2/c1-16(6-14-26-11-4-10-23-26)24-20(28)25-12-7-17(8-13-25)19(27)22-15-18-5-2-3-9-21-18/h2-5,9-11,16-17H,6-8,12-15H2,1H3,(H,22,27)(H,24,28). The first-order valence-corrected chi connectivity index (χ1v) is 9.82. The van der Waals surface area contributed by atoms with Crippen molar-refractivity contribution in [1.29, 1.82) is 0 Å². The van der Waals surface area contributed by atoms with Crippen LogP contribution in [0.15, 0.2) is 42.9 Å². The third kappa shape index (κ3) is 5.80. The van der Waals surface area contributed by atoms with E-state index in [-0.39, 0.29) is 23.9 Å². The molecule has 0 saturated carbocycles. The number of likely N-dealkylation sites (tertiary alicyclic amines) is 1. The van der Waals surface area contributed by atoms with Crippen LogP contribution in [-0.2, 0) is 17.9 Å². The normalized spacial score (nSPS) is 15.8. The van der Waals surface area contributed by atoms with E-state index in [1.54, 1.807) is 17.3 Å². The summed E-state index contributed by atoms with van der Waals surface area (Å²) < 4.78 is 1.86. The molecule has 8 heteroatoms. The van der Waals surface area contributed by atoms with Gasteiger partial charge in [-0.2, -0.15) is 5.10 Å². The van der Waals surface area contributed by atoms with Gasteiger partial charge in [0.15, 0.2) is 0 Å². The molecule has 8 nitrogen and oxygen atoms in total. The summed E-state index contributed by atoms with van der Waals surface area (Å²) in [5, 5.41) is 10.2. The Balaban J connectivity index is 1.35. The first kappa shape index (κ1) is 19.9. The Kier molecular flexibility index (Phi) is 7.00. The Hall–Kier alpha value is -2.90. The van der Waals surface area contributed by atoms with Crippen LogP contribution < -0.4 is 10.6 Å². The molecular weight excluding hydrogens is 356 g/mol. The van der Waals surface area contributed by atoms with Crippen molar-refractivity contribution in [1.82, 2.24) is 30.3 Å². The first-order valence-electron chi connectivity index (χ1n) is 9.82. The Bertz CT molecular complexity index is 741. The maximum Gasteiger partial charge on any atom is 0.317 e. The van der Waals surface area contributed by atoms with Gasteiger partial charge in [0.1, 0.15) is 0 Å². The number of pyridine rings is 1. The number of carbonyl (C=O) groups is 2. The Morgan fingerprint density at radius 2 is 2.04 bits per heavy atom. The Labute approximate surface area is 165 Å². The van der Waals surface area contributed by atoms with Crippen LogP contribution in [0.4, 0.5) is 4.79 Å². The van der Waals surface area contributed by atoms with Crippen molar-refractivity contribution in [2.24, 2.45) is 5.92 Å². The second-order valence-electron chi connectivity index (χ2n) is 7.21. The number of nitrogens with one attached hydrogen (secondary N) is 2. The van der Waals surface area contributed by atoms with Crippen LogP contribution in [0.2, 0.25) is 0 Å². The lowest BCUT2D eigenvalue weighted by molar-refractivity contribution is -0.126. The molecule has 3 heterocycles. The quantitative estimate of drug-likeness (QED) is 0.761. The van der Waals surface area contributed by atoms with Gasteiger partial charge in [0.05, 0.1) is 12.2 Å². The summed E-state index contributed by atoms with van der Waals surface area (Å²) in [5.74, 6) is -0.0108. The highest BCUT2D eigenvalue weighted by atomic mass is 16.2. The molecule has 1 aliphatic rings. The highest BCUT2D eigenvalue weighted by molar-refractivity contribution is 5.79. The average molecular weight is 384 g/mol. The SMILES string of the molecule is CC(CCn1cccn1)NC(=O)N1CCC(C(=O)NCc2ccccn2)CC1. The molecule has 28 heavy (non-hydrogen) atoms. The van der Waals surface area contributed by atoms with Gasteiger partial charge < -0.3 is 15.5 Å². The van der Waals surface area contributed by atoms with Gasteiger partial charge in [-0.15, -0.1) is 0 Å². The van der Waals surface area contributed by atoms with E-state index in [2.05, 4.69) is 20.7 Å². The third-order valence-electron chi connectivity index (χ3n) is 5.04. The minimum atomic E-state index is -0.0553. The third-order valence-corrected chi connectivity index (χ3v) is 5.04. The number of nitrogens with zero attached hydrogens (tertiary/aromatic N) is 4. The number of rotatable bonds is 7. The van der Waals surface area contributed by atoms with Gasteiger partial charge in [0.25, 0.3) is 0 Å². The molecule has 2 aromatic heterocycles. The molecule has 3 rings (SSSR count). The Morgan fingerprint density at radius 3 is 2.71 bits per heavy atom. The average Bonchev–Trinajstić information content (AvgIpc) is 3.25. The van der Waals surface area contributed by atoms with E-state index in [0.717, 1.165) is 18.7 Å². The van der Waals surface area contributed by atoms with Crippen molar-refractivity contribution in [3.63, 3.8) is 0 Å². The van der Waals surface area contributed by atoms with Crippen LogP contribution in [0, 0.1) is 5.92 Å². The van der Waals surface area contributed by atoms with E-state index in [9.17, 15) is 9.59 Å². The number of hydrogen-bond acceptors (Lipinski definition) is 4. The maximum absolute atomic E-state index is 12.4. The van der Waals surface area contributed by atoms with Crippen LogP contribution in [-0.4, -0.2) is 50.7 Å². The van der Waals surface area contributed by atoms with Gasteiger partial charge in [-0.05, 0) is 44.4 Å². The minimum Gasteiger partial charge on any atom is -0.350 e. The molecule has 150 valence electrons. The molecule has 1 unspecified atom stereocenters. The molecule has 3 amide bonds. The van der Waals surface area contributed by atoms with Crippen LogP contribution >= 0.6 is 0 Å². The van der Waals surface area contributed by atoms with Crippen LogP contribution in [0.3, 0.4) is 0 Å². The molecule has 2 aromatic rings. The van der Waals surface area contributed by atoms with Gasteiger partial charge >= 0.3 is 6.03 Å². The lowest BCUT2D eigenvalue weighted by Gasteiger charge is -2.32. The molecule has 1 saturated heterocycles. The number of urea groups is 1. The predicted molar refractivity (Wildman–Crippen MR) is 105 cm³/mol. The summed E-state index contributed by atoms with van der Waals surface area (Å²) in [7, 11) is 0. The van der Waals surface area contributed by atoms with E-state index in [4.69, 9.17) is 0 Å². The lowest BCUT2D eigenvalue weighted by Crippen LogP contribution is -2.49. The Morgan fingerprint density at radius 1 is 1.21 bits per heavy atom. The van der Waals surface area contributed by atoms with Gasteiger partial charge in [-0.25, -0.2) is 4.79 Å². The molecule has 1 fully saturated rings. The molecular formula is C20H28N6O2. The largest absolute Gasteiger partial charge is 0.350 e. The zero-order valence-corrected chi connectivity index (χ0v) is 16.3. The maximum atomic E-state index is 12.4.